The zero-order valence-corrected chi connectivity index (χ0v) is 21.6. The summed E-state index contributed by atoms with van der Waals surface area (Å²) in [5, 5.41) is 13.2. The van der Waals surface area contributed by atoms with Gasteiger partial charge in [-0.2, -0.15) is 5.26 Å². The summed E-state index contributed by atoms with van der Waals surface area (Å²) in [6.45, 7) is 0.343. The van der Waals surface area contributed by atoms with Gasteiger partial charge in [0.05, 0.1) is 24.7 Å². The first-order valence-electron chi connectivity index (χ1n) is 9.02. The van der Waals surface area contributed by atoms with E-state index in [4.69, 9.17) is 39.5 Å². The number of nitrogens with zero attached hydrogens (tertiary/aromatic N) is 1. The summed E-state index contributed by atoms with van der Waals surface area (Å²) in [7, 11) is 0. The van der Waals surface area contributed by atoms with Gasteiger partial charge in [-0.25, -0.2) is 0 Å². The molecular formula is C23H13Br2Cl3N2O2. The van der Waals surface area contributed by atoms with Crippen molar-refractivity contribution in [3.05, 3.63) is 95.3 Å². The minimum absolute atomic E-state index is 0.102. The molecule has 0 aromatic heterocycles. The Morgan fingerprint density at radius 2 is 1.72 bits per heavy atom. The number of carbonyl (C=O) groups excluding carboxylic acids is 1. The summed E-state index contributed by atoms with van der Waals surface area (Å²) >= 11 is 24.9. The third-order valence-corrected chi connectivity index (χ3v) is 6.44. The predicted molar refractivity (Wildman–Crippen MR) is 136 cm³/mol. The predicted octanol–water partition coefficient (Wildman–Crippen LogP) is 8.30. The Morgan fingerprint density at radius 1 is 1.06 bits per heavy atom. The Morgan fingerprint density at radius 3 is 2.34 bits per heavy atom. The smallest absolute Gasteiger partial charge is 0.266 e. The number of hydrogen-bond donors (Lipinski definition) is 1. The summed E-state index contributed by atoms with van der Waals surface area (Å²) in [4.78, 5) is 12.6. The van der Waals surface area contributed by atoms with Gasteiger partial charge in [0, 0.05) is 5.02 Å². The number of rotatable bonds is 6. The molecule has 0 aliphatic rings. The van der Waals surface area contributed by atoms with Crippen molar-refractivity contribution in [3.63, 3.8) is 0 Å². The summed E-state index contributed by atoms with van der Waals surface area (Å²) < 4.78 is 7.21. The van der Waals surface area contributed by atoms with Crippen LogP contribution in [0.3, 0.4) is 0 Å². The average molecular weight is 616 g/mol. The van der Waals surface area contributed by atoms with Crippen LogP contribution in [0.4, 0.5) is 5.69 Å². The molecule has 1 amide bonds. The number of ether oxygens (including phenoxy) is 1. The second kappa shape index (κ2) is 11.2. The fraction of sp³-hybridized carbons (Fsp3) is 0.0435. The van der Waals surface area contributed by atoms with Crippen molar-refractivity contribution in [2.75, 3.05) is 5.32 Å². The van der Waals surface area contributed by atoms with E-state index in [2.05, 4.69) is 37.2 Å². The van der Waals surface area contributed by atoms with Gasteiger partial charge in [0.15, 0.2) is 0 Å². The number of carbonyl (C=O) groups is 1. The lowest BCUT2D eigenvalue weighted by molar-refractivity contribution is -0.112. The van der Waals surface area contributed by atoms with E-state index < -0.39 is 5.91 Å². The Kier molecular flexibility index (Phi) is 8.64. The van der Waals surface area contributed by atoms with Crippen LogP contribution in [0.5, 0.6) is 5.75 Å². The largest absolute Gasteiger partial charge is 0.487 e. The highest BCUT2D eigenvalue weighted by Crippen LogP contribution is 2.36. The van der Waals surface area contributed by atoms with Crippen LogP contribution >= 0.6 is 66.7 Å². The zero-order chi connectivity index (χ0) is 23.3. The molecule has 0 aliphatic carbocycles. The van der Waals surface area contributed by atoms with Gasteiger partial charge in [-0.05, 0) is 85.5 Å². The molecule has 0 atom stereocenters. The Labute approximate surface area is 217 Å². The lowest BCUT2D eigenvalue weighted by Gasteiger charge is -2.12. The maximum absolute atomic E-state index is 12.6. The first kappa shape index (κ1) is 24.6. The molecule has 4 nitrogen and oxygen atoms in total. The summed E-state index contributed by atoms with van der Waals surface area (Å²) in [5.41, 5.74) is 1.79. The average Bonchev–Trinajstić information content (AvgIpc) is 2.76. The van der Waals surface area contributed by atoms with Crippen molar-refractivity contribution in [1.29, 1.82) is 5.26 Å². The molecule has 162 valence electrons. The van der Waals surface area contributed by atoms with Gasteiger partial charge in [0.1, 0.15) is 24.0 Å². The number of benzene rings is 3. The van der Waals surface area contributed by atoms with E-state index in [0.29, 0.717) is 42.6 Å². The van der Waals surface area contributed by atoms with Gasteiger partial charge in [-0.3, -0.25) is 4.79 Å². The van der Waals surface area contributed by atoms with E-state index in [1.807, 2.05) is 18.2 Å². The van der Waals surface area contributed by atoms with Crippen LogP contribution in [0.15, 0.2) is 69.1 Å². The fourth-order valence-electron chi connectivity index (χ4n) is 2.64. The monoisotopic (exact) mass is 612 g/mol. The van der Waals surface area contributed by atoms with E-state index in [0.717, 1.165) is 5.56 Å². The molecule has 0 saturated heterocycles. The third-order valence-electron chi connectivity index (χ3n) is 4.19. The lowest BCUT2D eigenvalue weighted by atomic mass is 10.1. The van der Waals surface area contributed by atoms with Crippen LogP contribution in [0.1, 0.15) is 11.1 Å². The summed E-state index contributed by atoms with van der Waals surface area (Å²) in [6.07, 6.45) is 1.46. The number of amides is 1. The van der Waals surface area contributed by atoms with Crippen molar-refractivity contribution in [1.82, 2.24) is 0 Å². The number of halogens is 5. The molecule has 3 aromatic carbocycles. The molecule has 0 heterocycles. The van der Waals surface area contributed by atoms with E-state index in [-0.39, 0.29) is 10.6 Å². The van der Waals surface area contributed by atoms with Crippen LogP contribution < -0.4 is 10.1 Å². The number of anilines is 1. The minimum Gasteiger partial charge on any atom is -0.487 e. The zero-order valence-electron chi connectivity index (χ0n) is 16.1. The van der Waals surface area contributed by atoms with E-state index in [1.165, 1.54) is 6.08 Å². The summed E-state index contributed by atoms with van der Waals surface area (Å²) in [5.74, 6) is -0.0160. The van der Waals surface area contributed by atoms with Crippen LogP contribution in [-0.2, 0) is 11.4 Å². The maximum Gasteiger partial charge on any atom is 0.266 e. The van der Waals surface area contributed by atoms with Crippen LogP contribution in [0, 0.1) is 11.3 Å². The number of nitriles is 1. The fourth-order valence-corrected chi connectivity index (χ4v) is 4.57. The van der Waals surface area contributed by atoms with Crippen LogP contribution in [0.2, 0.25) is 15.1 Å². The molecule has 3 rings (SSSR count). The number of hydrogen-bond acceptors (Lipinski definition) is 3. The first-order valence-corrected chi connectivity index (χ1v) is 11.7. The van der Waals surface area contributed by atoms with E-state index in [9.17, 15) is 10.1 Å². The van der Waals surface area contributed by atoms with Gasteiger partial charge < -0.3 is 10.1 Å². The first-order chi connectivity index (χ1) is 15.3. The number of nitrogens with one attached hydrogen (secondary N) is 1. The Hall–Kier alpha value is -2.01. The Balaban J connectivity index is 1.78. The lowest BCUT2D eigenvalue weighted by Crippen LogP contribution is -2.13. The van der Waals surface area contributed by atoms with Gasteiger partial charge >= 0.3 is 0 Å². The van der Waals surface area contributed by atoms with Gasteiger partial charge in [0.2, 0.25) is 0 Å². The van der Waals surface area contributed by atoms with Crippen molar-refractivity contribution >= 4 is 84.3 Å². The van der Waals surface area contributed by atoms with Crippen molar-refractivity contribution in [2.24, 2.45) is 0 Å². The normalized spacial score (nSPS) is 11.1. The molecular weight excluding hydrogens is 602 g/mol. The molecule has 9 heteroatoms. The Bertz CT molecular complexity index is 1220. The van der Waals surface area contributed by atoms with Gasteiger partial charge in [-0.15, -0.1) is 0 Å². The standard InChI is InChI=1S/C23H13Br2Cl3N2O2/c24-17-9-14(10-18(25)22(17)32-12-13-4-6-16(26)7-5-13)8-15(11-29)23(31)30-20-3-1-2-19(27)21(20)28/h1-10H,12H2,(H,30,31)/b15-8-. The quantitative estimate of drug-likeness (QED) is 0.224. The van der Waals surface area contributed by atoms with E-state index in [1.54, 1.807) is 42.5 Å². The molecule has 0 unspecified atom stereocenters. The molecule has 0 saturated carbocycles. The van der Waals surface area contributed by atoms with Gasteiger partial charge in [0.25, 0.3) is 5.91 Å². The van der Waals surface area contributed by atoms with Gasteiger partial charge in [-0.1, -0.05) is 53.0 Å². The minimum atomic E-state index is -0.605. The topological polar surface area (TPSA) is 62.1 Å². The molecule has 32 heavy (non-hydrogen) atoms. The second-order valence-electron chi connectivity index (χ2n) is 6.45. The van der Waals surface area contributed by atoms with Crippen molar-refractivity contribution < 1.29 is 9.53 Å². The molecule has 0 radical (unpaired) electrons. The van der Waals surface area contributed by atoms with Crippen LogP contribution in [-0.4, -0.2) is 5.91 Å². The molecule has 0 bridgehead atoms. The highest BCUT2D eigenvalue weighted by molar-refractivity contribution is 9.11. The third kappa shape index (κ3) is 6.28. The molecule has 1 N–H and O–H groups in total. The molecule has 3 aromatic rings. The highest BCUT2D eigenvalue weighted by Gasteiger charge is 2.14. The molecule has 0 aliphatic heterocycles. The van der Waals surface area contributed by atoms with Crippen molar-refractivity contribution in [3.8, 4) is 11.8 Å². The maximum atomic E-state index is 12.6. The second-order valence-corrected chi connectivity index (χ2v) is 9.38. The van der Waals surface area contributed by atoms with Crippen molar-refractivity contribution in [2.45, 2.75) is 6.61 Å². The summed E-state index contributed by atoms with van der Waals surface area (Å²) in [6, 6.07) is 17.6. The van der Waals surface area contributed by atoms with E-state index >= 15 is 0 Å². The highest BCUT2D eigenvalue weighted by atomic mass is 79.9. The SMILES string of the molecule is N#C/C(=C/c1cc(Br)c(OCc2ccc(Cl)cc2)c(Br)c1)C(=O)Nc1cccc(Cl)c1Cl. The molecule has 0 fully saturated rings. The van der Waals surface area contributed by atoms with Crippen LogP contribution in [0.25, 0.3) is 6.08 Å². The molecule has 0 spiro atoms.